The number of halogens is 2. The summed E-state index contributed by atoms with van der Waals surface area (Å²) in [5.41, 5.74) is 0. The molecule has 0 saturated carbocycles. The van der Waals surface area contributed by atoms with Gasteiger partial charge in [0.25, 0.3) is 0 Å². The van der Waals surface area contributed by atoms with Crippen molar-refractivity contribution in [3.8, 4) is 0 Å². The smallest absolute Gasteiger partial charge is 0.316 e. The zero-order valence-electron chi connectivity index (χ0n) is 5.49. The summed E-state index contributed by atoms with van der Waals surface area (Å²) in [6.45, 7) is 2.24. The van der Waals surface area contributed by atoms with Crippen LogP contribution in [-0.2, 0) is 9.53 Å². The maximum absolute atomic E-state index is 10.1. The lowest BCUT2D eigenvalue weighted by Gasteiger charge is -1.92. The highest BCUT2D eigenvalue weighted by Gasteiger charge is 1.92. The van der Waals surface area contributed by atoms with Gasteiger partial charge < -0.3 is 4.74 Å². The Hall–Kier alpha value is 0.680. The molecule has 0 heterocycles. The van der Waals surface area contributed by atoms with Crippen LogP contribution in [0.3, 0.4) is 0 Å². The number of esters is 1. The molecule has 0 saturated heterocycles. The Morgan fingerprint density at radius 3 is 2.22 bits per heavy atom. The molecule has 4 heteroatoms. The van der Waals surface area contributed by atoms with Crippen molar-refractivity contribution in [2.45, 2.75) is 6.92 Å². The second-order valence-electron chi connectivity index (χ2n) is 0.939. The molecule has 2 nitrogen and oxygen atoms in total. The van der Waals surface area contributed by atoms with E-state index in [2.05, 4.69) is 43.3 Å². The Labute approximate surface area is 77.6 Å². The molecule has 0 rings (SSSR count). The van der Waals surface area contributed by atoms with Gasteiger partial charge in [-0.25, -0.2) is 0 Å². The lowest BCUT2D eigenvalue weighted by atomic mass is 10.8. The molecular weight excluding hydrogens is 299 g/mol. The van der Waals surface area contributed by atoms with Gasteiger partial charge in [-0.1, -0.05) is 38.5 Å². The van der Waals surface area contributed by atoms with Crippen LogP contribution in [0, 0.1) is 0 Å². The van der Waals surface area contributed by atoms with Crippen LogP contribution in [0.2, 0.25) is 0 Å². The molecule has 0 radical (unpaired) electrons. The molecule has 0 aromatic carbocycles. The van der Waals surface area contributed by atoms with E-state index >= 15 is 0 Å². The molecule has 0 fully saturated rings. The first-order valence-corrected chi connectivity index (χ1v) is 5.68. The second kappa shape index (κ2) is 11.5. The van der Waals surface area contributed by atoms with Crippen molar-refractivity contribution in [1.82, 2.24) is 0 Å². The average molecular weight is 309 g/mol. The first-order valence-electron chi connectivity index (χ1n) is 2.40. The first-order chi connectivity index (χ1) is 4.31. The maximum Gasteiger partial charge on any atom is 0.316 e. The Balaban J connectivity index is 0. The van der Waals surface area contributed by atoms with Crippen molar-refractivity contribution < 1.29 is 9.53 Å². The fraction of sp³-hybridized carbons (Fsp3) is 0.800. The minimum atomic E-state index is -0.206. The van der Waals surface area contributed by atoms with Crippen molar-refractivity contribution in [3.05, 3.63) is 0 Å². The largest absolute Gasteiger partial charge is 0.465 e. The number of rotatable bonds is 2. The Morgan fingerprint density at radius 1 is 1.67 bits per heavy atom. The van der Waals surface area contributed by atoms with Crippen LogP contribution in [0.15, 0.2) is 0 Å². The van der Waals surface area contributed by atoms with Crippen LogP contribution >= 0.6 is 38.5 Å². The van der Waals surface area contributed by atoms with Crippen molar-refractivity contribution in [3.63, 3.8) is 0 Å². The van der Waals surface area contributed by atoms with E-state index in [-0.39, 0.29) is 5.97 Å². The van der Waals surface area contributed by atoms with Gasteiger partial charge in [0, 0.05) is 0 Å². The van der Waals surface area contributed by atoms with Gasteiger partial charge in [-0.15, -0.1) is 0 Å². The standard InChI is InChI=1S/C4H7BrO2.CH3I/c1-2-7-4(6)3-5;1-2/h2-3H2,1H3;1H3. The molecule has 0 N–H and O–H groups in total. The summed E-state index contributed by atoms with van der Waals surface area (Å²) in [7, 11) is 0. The van der Waals surface area contributed by atoms with Crippen molar-refractivity contribution in [2.75, 3.05) is 16.9 Å². The van der Waals surface area contributed by atoms with Gasteiger partial charge in [0.05, 0.1) is 6.61 Å². The van der Waals surface area contributed by atoms with Gasteiger partial charge >= 0.3 is 5.97 Å². The van der Waals surface area contributed by atoms with E-state index in [0.717, 1.165) is 0 Å². The number of hydrogen-bond acceptors (Lipinski definition) is 2. The molecule has 0 aliphatic heterocycles. The molecule has 0 bridgehead atoms. The third kappa shape index (κ3) is 12.0. The highest BCUT2D eigenvalue weighted by atomic mass is 127. The molecule has 0 spiro atoms. The summed E-state index contributed by atoms with van der Waals surface area (Å²) < 4.78 is 4.51. The molecule has 0 unspecified atom stereocenters. The minimum Gasteiger partial charge on any atom is -0.465 e. The summed E-state index contributed by atoms with van der Waals surface area (Å²) in [6.07, 6.45) is 0. The van der Waals surface area contributed by atoms with Crippen LogP contribution in [-0.4, -0.2) is 22.8 Å². The SMILES string of the molecule is CCOC(=O)CBr.CI. The third-order valence-corrected chi connectivity index (χ3v) is 0.872. The molecule has 0 amide bonds. The number of ether oxygens (including phenoxy) is 1. The quantitative estimate of drug-likeness (QED) is 0.443. The predicted molar refractivity (Wildman–Crippen MR) is 50.4 cm³/mol. The summed E-state index contributed by atoms with van der Waals surface area (Å²) in [5.74, 6) is -0.206. The molecular formula is C5H10BrIO2. The summed E-state index contributed by atoms with van der Waals surface area (Å²) in [6, 6.07) is 0. The summed E-state index contributed by atoms with van der Waals surface area (Å²) in [5, 5.41) is 0.292. The Bertz CT molecular complexity index is 68.0. The second-order valence-corrected chi connectivity index (χ2v) is 1.50. The molecule has 9 heavy (non-hydrogen) atoms. The zero-order valence-corrected chi connectivity index (χ0v) is 9.23. The summed E-state index contributed by atoms with van der Waals surface area (Å²) >= 11 is 5.09. The molecule has 0 aliphatic carbocycles. The lowest BCUT2D eigenvalue weighted by Crippen LogP contribution is -2.03. The van der Waals surface area contributed by atoms with E-state index in [9.17, 15) is 4.79 Å². The van der Waals surface area contributed by atoms with E-state index in [1.165, 1.54) is 0 Å². The van der Waals surface area contributed by atoms with Gasteiger partial charge in [-0.2, -0.15) is 0 Å². The molecule has 0 aromatic rings. The maximum atomic E-state index is 10.1. The number of hydrogen-bond donors (Lipinski definition) is 0. The Morgan fingerprint density at radius 2 is 2.11 bits per heavy atom. The molecule has 0 aromatic heterocycles. The molecule has 56 valence electrons. The molecule has 0 aliphatic rings. The van der Waals surface area contributed by atoms with Gasteiger partial charge in [-0.3, -0.25) is 4.79 Å². The van der Waals surface area contributed by atoms with Crippen molar-refractivity contribution in [1.29, 1.82) is 0 Å². The Kier molecular flexibility index (Phi) is 15.8. The topological polar surface area (TPSA) is 26.3 Å². The van der Waals surface area contributed by atoms with Crippen LogP contribution in [0.5, 0.6) is 0 Å². The van der Waals surface area contributed by atoms with Gasteiger partial charge in [0.1, 0.15) is 5.33 Å². The van der Waals surface area contributed by atoms with E-state index in [1.807, 2.05) is 4.93 Å². The van der Waals surface area contributed by atoms with Crippen LogP contribution in [0.1, 0.15) is 6.92 Å². The van der Waals surface area contributed by atoms with Crippen molar-refractivity contribution in [2.24, 2.45) is 0 Å². The van der Waals surface area contributed by atoms with Gasteiger partial charge in [0.15, 0.2) is 0 Å². The van der Waals surface area contributed by atoms with E-state index < -0.39 is 0 Å². The monoisotopic (exact) mass is 308 g/mol. The fourth-order valence-corrected chi connectivity index (χ4v) is 0.361. The van der Waals surface area contributed by atoms with E-state index in [1.54, 1.807) is 6.92 Å². The van der Waals surface area contributed by atoms with Crippen LogP contribution < -0.4 is 0 Å². The average Bonchev–Trinajstić information content (AvgIpc) is 1.93. The van der Waals surface area contributed by atoms with Gasteiger partial charge in [0.2, 0.25) is 0 Å². The highest BCUT2D eigenvalue weighted by Crippen LogP contribution is 1.82. The predicted octanol–water partition coefficient (Wildman–Crippen LogP) is 2.00. The van der Waals surface area contributed by atoms with E-state index in [0.29, 0.717) is 11.9 Å². The van der Waals surface area contributed by atoms with Crippen LogP contribution in [0.4, 0.5) is 0 Å². The fourth-order valence-electron chi connectivity index (χ4n) is 0.200. The number of carbonyl (C=O) groups is 1. The lowest BCUT2D eigenvalue weighted by molar-refractivity contribution is -0.139. The number of carbonyl (C=O) groups excluding carboxylic acids is 1. The van der Waals surface area contributed by atoms with Gasteiger partial charge in [-0.05, 0) is 11.9 Å². The van der Waals surface area contributed by atoms with E-state index in [4.69, 9.17) is 0 Å². The third-order valence-electron chi connectivity index (χ3n) is 0.414. The summed E-state index contributed by atoms with van der Waals surface area (Å²) in [4.78, 5) is 12.1. The normalized spacial score (nSPS) is 7.11. The zero-order chi connectivity index (χ0) is 7.70. The minimum absolute atomic E-state index is 0.206. The highest BCUT2D eigenvalue weighted by molar-refractivity contribution is 14.1. The molecule has 0 atom stereocenters. The van der Waals surface area contributed by atoms with Crippen LogP contribution in [0.25, 0.3) is 0 Å². The van der Waals surface area contributed by atoms with Crippen molar-refractivity contribution >= 4 is 44.5 Å². The first kappa shape index (κ1) is 12.4. The number of alkyl halides is 2.